The lowest BCUT2D eigenvalue weighted by molar-refractivity contribution is 0.0949. The maximum Gasteiger partial charge on any atom is 0.254 e. The molecule has 4 rings (SSSR count). The van der Waals surface area contributed by atoms with Crippen molar-refractivity contribution in [2.24, 2.45) is 0 Å². The molecule has 2 aromatic carbocycles. The van der Waals surface area contributed by atoms with Gasteiger partial charge in [-0.1, -0.05) is 44.2 Å². The van der Waals surface area contributed by atoms with E-state index in [0.717, 1.165) is 36.6 Å². The standard InChI is InChI=1S/C24H27N7O/c1-3-30(4-2)15-14-25-23(32)19-10-12-20(13-11-19)28-22-16-21(18-8-6-5-7-9-18)31-24(29-22)26-17-27-31/h5-13,16-17H,3-4,14-15H2,1-2H3,(H,25,32)(H,26,27,28,29). The third-order valence-electron chi connectivity index (χ3n) is 5.35. The van der Waals surface area contributed by atoms with Crippen LogP contribution in [0, 0.1) is 0 Å². The number of nitrogens with one attached hydrogen (secondary N) is 2. The predicted octanol–water partition coefficient (Wildman–Crippen LogP) is 3.61. The number of aromatic nitrogens is 4. The van der Waals surface area contributed by atoms with Crippen LogP contribution in [0.5, 0.6) is 0 Å². The van der Waals surface area contributed by atoms with Crippen LogP contribution in [0.2, 0.25) is 0 Å². The van der Waals surface area contributed by atoms with E-state index in [1.54, 1.807) is 4.52 Å². The number of fused-ring (bicyclic) bond motifs is 1. The molecule has 2 heterocycles. The fraction of sp³-hybridized carbons (Fsp3) is 0.250. The van der Waals surface area contributed by atoms with Crippen LogP contribution in [0.4, 0.5) is 11.5 Å². The lowest BCUT2D eigenvalue weighted by Gasteiger charge is -2.18. The number of carbonyl (C=O) groups is 1. The number of carbonyl (C=O) groups excluding carboxylic acids is 1. The molecule has 32 heavy (non-hydrogen) atoms. The Hall–Kier alpha value is -3.78. The molecule has 0 fully saturated rings. The smallest absolute Gasteiger partial charge is 0.254 e. The molecule has 0 atom stereocenters. The Balaban J connectivity index is 1.46. The topological polar surface area (TPSA) is 87.5 Å². The molecule has 0 radical (unpaired) electrons. The molecule has 0 aliphatic heterocycles. The summed E-state index contributed by atoms with van der Waals surface area (Å²) in [6.45, 7) is 7.68. The monoisotopic (exact) mass is 429 g/mol. The first kappa shape index (κ1) is 21.5. The van der Waals surface area contributed by atoms with Gasteiger partial charge in [0.2, 0.25) is 0 Å². The molecule has 2 aromatic heterocycles. The molecule has 0 aliphatic rings. The molecule has 0 unspecified atom stereocenters. The Morgan fingerprint density at radius 2 is 1.78 bits per heavy atom. The van der Waals surface area contributed by atoms with Crippen molar-refractivity contribution in [1.29, 1.82) is 0 Å². The highest BCUT2D eigenvalue weighted by Crippen LogP contribution is 2.24. The van der Waals surface area contributed by atoms with Crippen molar-refractivity contribution in [2.45, 2.75) is 13.8 Å². The number of rotatable bonds is 9. The van der Waals surface area contributed by atoms with Gasteiger partial charge < -0.3 is 15.5 Å². The molecule has 0 saturated heterocycles. The highest BCUT2D eigenvalue weighted by molar-refractivity contribution is 5.94. The average Bonchev–Trinajstić information content (AvgIpc) is 3.31. The van der Waals surface area contributed by atoms with E-state index >= 15 is 0 Å². The number of hydrogen-bond donors (Lipinski definition) is 2. The van der Waals surface area contributed by atoms with Crippen LogP contribution in [-0.2, 0) is 0 Å². The number of nitrogens with zero attached hydrogens (tertiary/aromatic N) is 5. The first-order chi connectivity index (χ1) is 15.7. The molecular formula is C24H27N7O. The summed E-state index contributed by atoms with van der Waals surface area (Å²) in [5.41, 5.74) is 3.37. The Kier molecular flexibility index (Phi) is 6.72. The van der Waals surface area contributed by atoms with E-state index in [1.807, 2.05) is 60.7 Å². The third-order valence-corrected chi connectivity index (χ3v) is 5.35. The lowest BCUT2D eigenvalue weighted by atomic mass is 10.1. The van der Waals surface area contributed by atoms with Crippen LogP contribution in [-0.4, -0.2) is 56.6 Å². The van der Waals surface area contributed by atoms with Gasteiger partial charge in [0.15, 0.2) is 0 Å². The van der Waals surface area contributed by atoms with Crippen LogP contribution in [0.3, 0.4) is 0 Å². The minimum Gasteiger partial charge on any atom is -0.351 e. The van der Waals surface area contributed by atoms with Crippen LogP contribution in [0.15, 0.2) is 67.0 Å². The van der Waals surface area contributed by atoms with Crippen molar-refractivity contribution in [2.75, 3.05) is 31.5 Å². The minimum absolute atomic E-state index is 0.0712. The second kappa shape index (κ2) is 10.0. The fourth-order valence-corrected chi connectivity index (χ4v) is 3.51. The van der Waals surface area contributed by atoms with Crippen LogP contribution in [0.25, 0.3) is 17.0 Å². The normalized spacial score (nSPS) is 11.1. The zero-order valence-corrected chi connectivity index (χ0v) is 18.3. The van der Waals surface area contributed by atoms with E-state index in [9.17, 15) is 4.79 Å². The van der Waals surface area contributed by atoms with Crippen LogP contribution < -0.4 is 10.6 Å². The third kappa shape index (κ3) is 4.92. The van der Waals surface area contributed by atoms with Gasteiger partial charge in [-0.25, -0.2) is 0 Å². The van der Waals surface area contributed by atoms with Crippen molar-refractivity contribution in [3.05, 3.63) is 72.6 Å². The van der Waals surface area contributed by atoms with Crippen LogP contribution >= 0.6 is 0 Å². The van der Waals surface area contributed by atoms with E-state index in [-0.39, 0.29) is 5.91 Å². The summed E-state index contributed by atoms with van der Waals surface area (Å²) in [5, 5.41) is 10.6. The minimum atomic E-state index is -0.0712. The SMILES string of the molecule is CCN(CC)CCNC(=O)c1ccc(Nc2cc(-c3ccccc3)n3ncnc3n2)cc1. The van der Waals surface area contributed by atoms with Gasteiger partial charge in [0.1, 0.15) is 12.1 Å². The van der Waals surface area contributed by atoms with Gasteiger partial charge in [-0.05, 0) is 37.4 Å². The van der Waals surface area contributed by atoms with Gasteiger partial charge in [-0.3, -0.25) is 4.79 Å². The molecule has 2 N–H and O–H groups in total. The fourth-order valence-electron chi connectivity index (χ4n) is 3.51. The molecule has 0 saturated carbocycles. The second-order valence-corrected chi connectivity index (χ2v) is 7.35. The molecule has 1 amide bonds. The van der Waals surface area contributed by atoms with E-state index in [0.29, 0.717) is 23.7 Å². The zero-order chi connectivity index (χ0) is 22.3. The molecule has 8 heteroatoms. The number of hydrogen-bond acceptors (Lipinski definition) is 6. The number of amides is 1. The highest BCUT2D eigenvalue weighted by atomic mass is 16.1. The van der Waals surface area contributed by atoms with Crippen LogP contribution in [0.1, 0.15) is 24.2 Å². The van der Waals surface area contributed by atoms with E-state index in [2.05, 4.69) is 44.4 Å². The molecule has 8 nitrogen and oxygen atoms in total. The molecular weight excluding hydrogens is 402 g/mol. The first-order valence-electron chi connectivity index (χ1n) is 10.8. The number of benzene rings is 2. The van der Waals surface area contributed by atoms with E-state index in [1.165, 1.54) is 6.33 Å². The quantitative estimate of drug-likeness (QED) is 0.423. The average molecular weight is 430 g/mol. The molecule has 0 bridgehead atoms. The van der Waals surface area contributed by atoms with Crippen molar-refractivity contribution in [3.63, 3.8) is 0 Å². The maximum atomic E-state index is 12.4. The molecule has 164 valence electrons. The summed E-state index contributed by atoms with van der Waals surface area (Å²) < 4.78 is 1.71. The van der Waals surface area contributed by atoms with Crippen molar-refractivity contribution in [3.8, 4) is 11.3 Å². The predicted molar refractivity (Wildman–Crippen MR) is 126 cm³/mol. The Labute approximate surface area is 187 Å². The Morgan fingerprint density at radius 3 is 2.50 bits per heavy atom. The van der Waals surface area contributed by atoms with Gasteiger partial charge >= 0.3 is 0 Å². The summed E-state index contributed by atoms with van der Waals surface area (Å²) in [5.74, 6) is 1.09. The number of anilines is 2. The highest BCUT2D eigenvalue weighted by Gasteiger charge is 2.11. The van der Waals surface area contributed by atoms with E-state index in [4.69, 9.17) is 0 Å². The summed E-state index contributed by atoms with van der Waals surface area (Å²) in [6, 6.07) is 19.3. The van der Waals surface area contributed by atoms with E-state index < -0.39 is 0 Å². The summed E-state index contributed by atoms with van der Waals surface area (Å²) in [4.78, 5) is 23.5. The van der Waals surface area contributed by atoms with Gasteiger partial charge in [0.05, 0.1) is 5.69 Å². The molecule has 0 spiro atoms. The summed E-state index contributed by atoms with van der Waals surface area (Å²) >= 11 is 0. The second-order valence-electron chi connectivity index (χ2n) is 7.35. The largest absolute Gasteiger partial charge is 0.351 e. The maximum absolute atomic E-state index is 12.4. The van der Waals surface area contributed by atoms with Gasteiger partial charge in [-0.2, -0.15) is 19.6 Å². The summed E-state index contributed by atoms with van der Waals surface area (Å²) in [6.07, 6.45) is 1.49. The first-order valence-corrected chi connectivity index (χ1v) is 10.8. The lowest BCUT2D eigenvalue weighted by Crippen LogP contribution is -2.34. The molecule has 4 aromatic rings. The zero-order valence-electron chi connectivity index (χ0n) is 18.3. The Morgan fingerprint density at radius 1 is 1.03 bits per heavy atom. The van der Waals surface area contributed by atoms with Crippen molar-refractivity contribution in [1.82, 2.24) is 29.8 Å². The Bertz CT molecular complexity index is 1170. The van der Waals surface area contributed by atoms with Gasteiger partial charge in [-0.15, -0.1) is 0 Å². The summed E-state index contributed by atoms with van der Waals surface area (Å²) in [7, 11) is 0. The van der Waals surface area contributed by atoms with Crippen molar-refractivity contribution >= 4 is 23.2 Å². The van der Waals surface area contributed by atoms with Gasteiger partial charge in [0, 0.05) is 36.0 Å². The molecule has 0 aliphatic carbocycles. The number of likely N-dealkylation sites (N-methyl/N-ethyl adjacent to an activating group) is 1. The van der Waals surface area contributed by atoms with Crippen molar-refractivity contribution < 1.29 is 4.79 Å². The van der Waals surface area contributed by atoms with Gasteiger partial charge in [0.25, 0.3) is 11.7 Å².